The molecule has 1 aromatic heterocycles. The van der Waals surface area contributed by atoms with Crippen LogP contribution in [0.5, 0.6) is 0 Å². The number of rotatable bonds is 5. The second kappa shape index (κ2) is 7.87. The lowest BCUT2D eigenvalue weighted by atomic mass is 10.1. The van der Waals surface area contributed by atoms with E-state index in [1.165, 1.54) is 16.8 Å². The van der Waals surface area contributed by atoms with Crippen LogP contribution in [0.1, 0.15) is 41.9 Å². The van der Waals surface area contributed by atoms with Crippen LogP contribution in [0.2, 0.25) is 0 Å². The van der Waals surface area contributed by atoms with Gasteiger partial charge in [-0.1, -0.05) is 18.2 Å². The summed E-state index contributed by atoms with van der Waals surface area (Å²) in [6.45, 7) is 2.63. The Bertz CT molecular complexity index is 1040. The van der Waals surface area contributed by atoms with E-state index in [-0.39, 0.29) is 29.4 Å². The first-order chi connectivity index (χ1) is 14.0. The van der Waals surface area contributed by atoms with Crippen molar-refractivity contribution in [2.75, 3.05) is 11.4 Å². The Hall–Kier alpha value is -3.48. The zero-order valence-electron chi connectivity index (χ0n) is 16.0. The van der Waals surface area contributed by atoms with E-state index in [4.69, 9.17) is 0 Å². The predicted molar refractivity (Wildman–Crippen MR) is 107 cm³/mol. The Morgan fingerprint density at radius 1 is 1.14 bits per heavy atom. The highest BCUT2D eigenvalue weighted by atomic mass is 19.1. The largest absolute Gasteiger partial charge is 0.344 e. The van der Waals surface area contributed by atoms with Gasteiger partial charge in [-0.3, -0.25) is 9.59 Å². The molecule has 0 spiro atoms. The number of nitrogens with zero attached hydrogens (tertiary/aromatic N) is 3. The van der Waals surface area contributed by atoms with Crippen molar-refractivity contribution in [3.8, 4) is 5.69 Å². The molecule has 29 heavy (non-hydrogen) atoms. The van der Waals surface area contributed by atoms with Crippen LogP contribution in [0.15, 0.2) is 60.8 Å². The number of carbonyl (C=O) groups is 2. The molecule has 1 aliphatic heterocycles. The van der Waals surface area contributed by atoms with Gasteiger partial charge in [-0.05, 0) is 55.3 Å². The molecule has 7 heteroatoms. The molecule has 1 saturated heterocycles. The molecule has 0 saturated carbocycles. The minimum absolute atomic E-state index is 0.146. The molecule has 1 N–H and O–H groups in total. The molecule has 0 aliphatic carbocycles. The van der Waals surface area contributed by atoms with Gasteiger partial charge in [-0.15, -0.1) is 0 Å². The van der Waals surface area contributed by atoms with Crippen molar-refractivity contribution in [3.63, 3.8) is 0 Å². The van der Waals surface area contributed by atoms with Crippen molar-refractivity contribution in [2.24, 2.45) is 0 Å². The molecule has 1 aliphatic rings. The molecule has 0 bridgehead atoms. The standard InChI is InChI=1S/C22H21FN4O2/c1-15(16-7-9-18(10-8-16)26-12-3-6-21(26)28)24-22(29)20-11-13-27(25-20)19-5-2-4-17(23)14-19/h2,4-5,7-11,13-15H,3,6,12H2,1H3,(H,24,29). The van der Waals surface area contributed by atoms with E-state index in [9.17, 15) is 14.0 Å². The highest BCUT2D eigenvalue weighted by Crippen LogP contribution is 2.23. The van der Waals surface area contributed by atoms with Crippen LogP contribution in [-0.2, 0) is 4.79 Å². The number of hydrogen-bond acceptors (Lipinski definition) is 3. The van der Waals surface area contributed by atoms with Crippen molar-refractivity contribution in [1.29, 1.82) is 0 Å². The molecule has 1 unspecified atom stereocenters. The fourth-order valence-corrected chi connectivity index (χ4v) is 3.43. The van der Waals surface area contributed by atoms with Crippen LogP contribution in [0.4, 0.5) is 10.1 Å². The number of halogens is 1. The van der Waals surface area contributed by atoms with E-state index in [1.54, 1.807) is 29.3 Å². The quantitative estimate of drug-likeness (QED) is 0.721. The lowest BCUT2D eigenvalue weighted by Crippen LogP contribution is -2.27. The first kappa shape index (κ1) is 18.9. The van der Waals surface area contributed by atoms with Crippen molar-refractivity contribution in [3.05, 3.63) is 77.9 Å². The van der Waals surface area contributed by atoms with Crippen molar-refractivity contribution in [2.45, 2.75) is 25.8 Å². The summed E-state index contributed by atoms with van der Waals surface area (Å²) in [7, 11) is 0. The van der Waals surface area contributed by atoms with Crippen molar-refractivity contribution < 1.29 is 14.0 Å². The number of carbonyl (C=O) groups excluding carboxylic acids is 2. The second-order valence-electron chi connectivity index (χ2n) is 7.06. The maximum absolute atomic E-state index is 13.4. The van der Waals surface area contributed by atoms with E-state index in [1.807, 2.05) is 31.2 Å². The molecule has 2 amide bonds. The zero-order chi connectivity index (χ0) is 20.4. The van der Waals surface area contributed by atoms with Gasteiger partial charge in [0.15, 0.2) is 5.69 Å². The van der Waals surface area contributed by atoms with Gasteiger partial charge >= 0.3 is 0 Å². The minimum Gasteiger partial charge on any atom is -0.344 e. The summed E-state index contributed by atoms with van der Waals surface area (Å²) < 4.78 is 14.8. The molecule has 1 atom stereocenters. The third kappa shape index (κ3) is 4.03. The number of nitrogens with one attached hydrogen (secondary N) is 1. The summed E-state index contributed by atoms with van der Waals surface area (Å²) in [5, 5.41) is 7.15. The molecule has 3 aromatic rings. The monoisotopic (exact) mass is 392 g/mol. The number of amides is 2. The van der Waals surface area contributed by atoms with Crippen LogP contribution < -0.4 is 10.2 Å². The van der Waals surface area contributed by atoms with Crippen molar-refractivity contribution >= 4 is 17.5 Å². The lowest BCUT2D eigenvalue weighted by molar-refractivity contribution is -0.117. The molecule has 1 fully saturated rings. The smallest absolute Gasteiger partial charge is 0.272 e. The Balaban J connectivity index is 1.42. The summed E-state index contributed by atoms with van der Waals surface area (Å²) in [5.41, 5.74) is 2.60. The number of aromatic nitrogens is 2. The normalized spacial score (nSPS) is 14.8. The molecular formula is C22H21FN4O2. The fourth-order valence-electron chi connectivity index (χ4n) is 3.43. The Kier molecular flexibility index (Phi) is 5.12. The van der Waals surface area contributed by atoms with E-state index >= 15 is 0 Å². The van der Waals surface area contributed by atoms with E-state index < -0.39 is 0 Å². The topological polar surface area (TPSA) is 67.2 Å². The average molecular weight is 392 g/mol. The number of benzene rings is 2. The second-order valence-corrected chi connectivity index (χ2v) is 7.06. The molecule has 148 valence electrons. The SMILES string of the molecule is CC(NC(=O)c1ccn(-c2cccc(F)c2)n1)c1ccc(N2CCCC2=O)cc1. The van der Waals surface area contributed by atoms with Gasteiger partial charge in [0.05, 0.1) is 11.7 Å². The van der Waals surface area contributed by atoms with Crippen LogP contribution >= 0.6 is 0 Å². The predicted octanol–water partition coefficient (Wildman–Crippen LogP) is 3.63. The first-order valence-corrected chi connectivity index (χ1v) is 9.54. The molecule has 4 rings (SSSR count). The van der Waals surface area contributed by atoms with E-state index in [0.717, 1.165) is 24.2 Å². The van der Waals surface area contributed by atoms with Crippen LogP contribution in [-0.4, -0.2) is 28.1 Å². The summed E-state index contributed by atoms with van der Waals surface area (Å²) in [6.07, 6.45) is 3.10. The van der Waals surface area contributed by atoms with Gasteiger partial charge in [0, 0.05) is 24.8 Å². The summed E-state index contributed by atoms with van der Waals surface area (Å²) in [6, 6.07) is 15.0. The average Bonchev–Trinajstić information content (AvgIpc) is 3.37. The van der Waals surface area contributed by atoms with Crippen LogP contribution in [0.25, 0.3) is 5.69 Å². The summed E-state index contributed by atoms with van der Waals surface area (Å²) in [4.78, 5) is 26.2. The van der Waals surface area contributed by atoms with E-state index in [2.05, 4.69) is 10.4 Å². The minimum atomic E-state index is -0.364. The van der Waals surface area contributed by atoms with Gasteiger partial charge in [0.25, 0.3) is 5.91 Å². The van der Waals surface area contributed by atoms with Gasteiger partial charge in [0.2, 0.25) is 5.91 Å². The zero-order valence-corrected chi connectivity index (χ0v) is 16.0. The Labute approximate surface area is 167 Å². The van der Waals surface area contributed by atoms with Gasteiger partial charge < -0.3 is 10.2 Å². The third-order valence-corrected chi connectivity index (χ3v) is 5.02. The molecule has 2 aromatic carbocycles. The van der Waals surface area contributed by atoms with Crippen molar-refractivity contribution in [1.82, 2.24) is 15.1 Å². The Morgan fingerprint density at radius 3 is 2.62 bits per heavy atom. The van der Waals surface area contributed by atoms with Gasteiger partial charge in [-0.25, -0.2) is 9.07 Å². The molecule has 0 radical (unpaired) electrons. The molecule has 6 nitrogen and oxygen atoms in total. The Morgan fingerprint density at radius 2 is 1.93 bits per heavy atom. The fraction of sp³-hybridized carbons (Fsp3) is 0.227. The third-order valence-electron chi connectivity index (χ3n) is 5.02. The molecular weight excluding hydrogens is 371 g/mol. The van der Waals surface area contributed by atoms with Gasteiger partial charge in [0.1, 0.15) is 5.82 Å². The first-order valence-electron chi connectivity index (χ1n) is 9.54. The van der Waals surface area contributed by atoms with Crippen LogP contribution in [0.3, 0.4) is 0 Å². The highest BCUT2D eigenvalue weighted by Gasteiger charge is 2.22. The van der Waals surface area contributed by atoms with Gasteiger partial charge in [-0.2, -0.15) is 5.10 Å². The van der Waals surface area contributed by atoms with Crippen LogP contribution in [0, 0.1) is 5.82 Å². The summed E-state index contributed by atoms with van der Waals surface area (Å²) >= 11 is 0. The summed E-state index contributed by atoms with van der Waals surface area (Å²) in [5.74, 6) is -0.531. The van der Waals surface area contributed by atoms with E-state index in [0.29, 0.717) is 12.1 Å². The molecule has 2 heterocycles. The number of anilines is 1. The highest BCUT2D eigenvalue weighted by molar-refractivity contribution is 5.95. The number of hydrogen-bond donors (Lipinski definition) is 1. The lowest BCUT2D eigenvalue weighted by Gasteiger charge is -2.18. The maximum Gasteiger partial charge on any atom is 0.272 e. The maximum atomic E-state index is 13.4.